The molecule has 1 heteroatoms. The Balaban J connectivity index is -0.0000000527. The molecule has 0 N–H and O–H groups in total. The van der Waals surface area contributed by atoms with Crippen LogP contribution in [-0.4, -0.2) is 18.6 Å². The fourth-order valence-corrected chi connectivity index (χ4v) is 2.40. The summed E-state index contributed by atoms with van der Waals surface area (Å²) in [4.78, 5) is 1.54. The Morgan fingerprint density at radius 1 is 0.321 bits per heavy atom. The van der Waals surface area contributed by atoms with Crippen LogP contribution in [0.4, 0.5) is 0 Å². The Labute approximate surface area is 195 Å². The second-order valence-corrected chi connectivity index (χ2v) is 9.57. The van der Waals surface area contributed by atoms with E-state index in [2.05, 4.69) is 76.2 Å². The van der Waals surface area contributed by atoms with Gasteiger partial charge in [0.1, 0.15) is 0 Å². The van der Waals surface area contributed by atoms with E-state index in [-0.39, 0.29) is 0 Å². The van der Waals surface area contributed by atoms with Gasteiger partial charge in [-0.2, -0.15) is 0 Å². The zero-order valence-corrected chi connectivity index (χ0v) is 27.5. The van der Waals surface area contributed by atoms with E-state index in [9.17, 15) is 0 Å². The van der Waals surface area contributed by atoms with E-state index >= 15 is 0 Å². The molecular weight excluding hydrogens is 394 g/mol. The molecule has 0 spiro atoms. The van der Waals surface area contributed by atoms with Crippen LogP contribution in [-0.2, 0) is 0 Å². The van der Waals surface area contributed by atoms with Crippen molar-refractivity contribution in [3.8, 4) is 0 Å². The van der Waals surface area contributed by atoms with Crippen molar-refractivity contribution in [2.75, 3.05) is 0 Å². The van der Waals surface area contributed by atoms with Crippen LogP contribution in [0.1, 0.15) is 172 Å². The van der Waals surface area contributed by atoms with Crippen LogP contribution in [0.15, 0.2) is 0 Å². The molecule has 0 nitrogen and oxygen atoms in total. The molecule has 0 atom stereocenters. The van der Waals surface area contributed by atoms with Crippen LogP contribution in [0.25, 0.3) is 0 Å². The van der Waals surface area contributed by atoms with Crippen molar-refractivity contribution in [3.05, 3.63) is 0 Å². The minimum atomic E-state index is 1.11. The molecular formula is C27H67Ga. The summed E-state index contributed by atoms with van der Waals surface area (Å²) in [6.45, 7) is 24.1. The molecule has 0 rings (SSSR count). The first-order chi connectivity index (χ1) is 13.5. The van der Waals surface area contributed by atoms with E-state index in [4.69, 9.17) is 0 Å². The van der Waals surface area contributed by atoms with Crippen LogP contribution in [0.2, 0.25) is 4.98 Å². The van der Waals surface area contributed by atoms with Crippen LogP contribution >= 0.6 is 0 Å². The Bertz CT molecular complexity index is 108. The SMILES string of the molecule is CCC.CCCC.CCCC.CCCCC.CCCCCC.CCCC[CH2][GaH2]. The van der Waals surface area contributed by atoms with Gasteiger partial charge in [0.05, 0.1) is 0 Å². The maximum absolute atomic E-state index is 2.25. The molecule has 0 aromatic heterocycles. The van der Waals surface area contributed by atoms with Gasteiger partial charge in [0, 0.05) is 0 Å². The molecule has 28 heavy (non-hydrogen) atoms. The van der Waals surface area contributed by atoms with Gasteiger partial charge in [-0.1, -0.05) is 146 Å². The Morgan fingerprint density at radius 3 is 0.607 bits per heavy atom. The molecule has 0 radical (unpaired) electrons. The van der Waals surface area contributed by atoms with E-state index < -0.39 is 0 Å². The summed E-state index contributed by atoms with van der Waals surface area (Å²) in [5.41, 5.74) is 0. The molecule has 0 saturated heterocycles. The summed E-state index contributed by atoms with van der Waals surface area (Å²) in [5.74, 6) is 0. The van der Waals surface area contributed by atoms with Crippen LogP contribution in [0, 0.1) is 0 Å². The molecule has 0 fully saturated rings. The number of unbranched alkanes of at least 4 members (excludes halogenated alkanes) is 9. The topological polar surface area (TPSA) is 0 Å². The first-order valence-corrected chi connectivity index (χ1v) is 16.5. The van der Waals surface area contributed by atoms with Crippen LogP contribution in [0.3, 0.4) is 0 Å². The van der Waals surface area contributed by atoms with Crippen LogP contribution < -0.4 is 0 Å². The molecule has 0 aliphatic carbocycles. The second-order valence-electron chi connectivity index (χ2n) is 7.47. The summed E-state index contributed by atoms with van der Waals surface area (Å²) < 4.78 is 0. The third kappa shape index (κ3) is 155. The predicted molar refractivity (Wildman–Crippen MR) is 145 cm³/mol. The van der Waals surface area contributed by atoms with Gasteiger partial charge < -0.3 is 0 Å². The standard InChI is InChI=1S/C6H14.C5H12.C5H11.2C4H10.C3H8.Ga.2H/c1-3-5-6-4-2;2*1-3-5-4-2;2*1-3-4-2;1-3-2;;;/h3-6H2,1-2H3;3-5H2,1-2H3;1,3-5H2,2H3;2*3-4H2,1-2H3;3H2,1-2H3;;;. The molecule has 0 unspecified atom stereocenters. The molecule has 0 aromatic carbocycles. The van der Waals surface area contributed by atoms with E-state index in [1.54, 1.807) is 4.98 Å². The first kappa shape index (κ1) is 42.7. The Hall–Kier alpha value is 0.636. The summed E-state index contributed by atoms with van der Waals surface area (Å²) in [7, 11) is 0. The van der Waals surface area contributed by atoms with Crippen molar-refractivity contribution in [1.29, 1.82) is 0 Å². The van der Waals surface area contributed by atoms with Gasteiger partial charge in [0.2, 0.25) is 0 Å². The Kier molecular flexibility index (Phi) is 108. The molecule has 0 saturated carbocycles. The molecule has 0 aromatic rings. The molecule has 178 valence electrons. The normalized spacial score (nSPS) is 8.11. The predicted octanol–water partition coefficient (Wildman–Crippen LogP) is 11.0. The van der Waals surface area contributed by atoms with Gasteiger partial charge in [-0.3, -0.25) is 0 Å². The van der Waals surface area contributed by atoms with Crippen LogP contribution in [0.5, 0.6) is 0 Å². The number of hydrogen-bond donors (Lipinski definition) is 0. The van der Waals surface area contributed by atoms with Gasteiger partial charge in [-0.15, -0.1) is 0 Å². The molecule has 0 amide bonds. The quantitative estimate of drug-likeness (QED) is 0.224. The molecule has 0 heterocycles. The second kappa shape index (κ2) is 70.8. The van der Waals surface area contributed by atoms with Crippen molar-refractivity contribution in [2.24, 2.45) is 0 Å². The summed E-state index contributed by atoms with van der Waals surface area (Å²) >= 11 is 1.11. The third-order valence-corrected chi connectivity index (χ3v) is 5.10. The van der Waals surface area contributed by atoms with E-state index in [1.807, 2.05) is 0 Å². The van der Waals surface area contributed by atoms with Crippen molar-refractivity contribution < 1.29 is 0 Å². The van der Waals surface area contributed by atoms with E-state index in [0.717, 1.165) is 18.6 Å². The van der Waals surface area contributed by atoms with Gasteiger partial charge >= 0.3 is 49.8 Å². The summed E-state index contributed by atoms with van der Waals surface area (Å²) in [6, 6.07) is 0. The molecule has 0 bridgehead atoms. The van der Waals surface area contributed by atoms with Crippen molar-refractivity contribution >= 4 is 18.6 Å². The number of rotatable bonds is 10. The zero-order valence-electron chi connectivity index (χ0n) is 23.3. The van der Waals surface area contributed by atoms with Crippen molar-refractivity contribution in [1.82, 2.24) is 0 Å². The van der Waals surface area contributed by atoms with Crippen molar-refractivity contribution in [2.45, 2.75) is 177 Å². The van der Waals surface area contributed by atoms with Gasteiger partial charge in [0.15, 0.2) is 0 Å². The summed E-state index contributed by atoms with van der Waals surface area (Å²) in [6.07, 6.45) is 20.5. The van der Waals surface area contributed by atoms with Gasteiger partial charge in [-0.25, -0.2) is 0 Å². The first-order valence-electron chi connectivity index (χ1n) is 13.5. The minimum absolute atomic E-state index is 1.11. The number of hydrogen-bond acceptors (Lipinski definition) is 0. The Morgan fingerprint density at radius 2 is 0.536 bits per heavy atom. The molecule has 0 aliphatic heterocycles. The zero-order chi connectivity index (χ0) is 23.3. The van der Waals surface area contributed by atoms with E-state index in [1.165, 1.54) is 96.3 Å². The summed E-state index contributed by atoms with van der Waals surface area (Å²) in [5, 5.41) is 0. The maximum atomic E-state index is 2.25. The fourth-order valence-electron chi connectivity index (χ4n) is 1.35. The third-order valence-electron chi connectivity index (χ3n) is 3.62. The fraction of sp³-hybridized carbons (Fsp3) is 1.00. The average molecular weight is 462 g/mol. The average Bonchev–Trinajstić information content (AvgIpc) is 2.73. The van der Waals surface area contributed by atoms with E-state index in [0.29, 0.717) is 0 Å². The van der Waals surface area contributed by atoms with Gasteiger partial charge in [-0.05, 0) is 0 Å². The monoisotopic (exact) mass is 460 g/mol. The molecule has 0 aliphatic rings. The van der Waals surface area contributed by atoms with Crippen molar-refractivity contribution in [3.63, 3.8) is 0 Å². The van der Waals surface area contributed by atoms with Gasteiger partial charge in [0.25, 0.3) is 0 Å².